The highest BCUT2D eigenvalue weighted by molar-refractivity contribution is 5.98. The average Bonchev–Trinajstić information content (AvgIpc) is 2.50. The zero-order valence-electron chi connectivity index (χ0n) is 13.1. The SMILES string of the molecule is COc1ccc(C(=O)NCC(C)(C)CO)c(OC)c1OC. The molecule has 0 aromatic heterocycles. The van der Waals surface area contributed by atoms with E-state index in [0.717, 1.165) is 0 Å². The van der Waals surface area contributed by atoms with Crippen LogP contribution in [0.3, 0.4) is 0 Å². The number of nitrogens with one attached hydrogen (secondary N) is 1. The third kappa shape index (κ3) is 4.01. The molecule has 0 heterocycles. The number of carbonyl (C=O) groups excluding carboxylic acids is 1. The van der Waals surface area contributed by atoms with Gasteiger partial charge in [0, 0.05) is 18.6 Å². The maximum atomic E-state index is 12.3. The maximum Gasteiger partial charge on any atom is 0.255 e. The van der Waals surface area contributed by atoms with E-state index >= 15 is 0 Å². The van der Waals surface area contributed by atoms with Crippen molar-refractivity contribution in [3.8, 4) is 17.2 Å². The molecule has 1 rings (SSSR count). The Bertz CT molecular complexity index is 499. The van der Waals surface area contributed by atoms with Crippen LogP contribution in [0.15, 0.2) is 12.1 Å². The van der Waals surface area contributed by atoms with Gasteiger partial charge < -0.3 is 24.6 Å². The highest BCUT2D eigenvalue weighted by atomic mass is 16.5. The molecule has 0 aliphatic carbocycles. The number of hydrogen-bond donors (Lipinski definition) is 2. The zero-order valence-corrected chi connectivity index (χ0v) is 13.1. The molecule has 1 aromatic rings. The van der Waals surface area contributed by atoms with Gasteiger partial charge in [-0.1, -0.05) is 13.8 Å². The Hall–Kier alpha value is -1.95. The number of carbonyl (C=O) groups is 1. The Morgan fingerprint density at radius 1 is 1.14 bits per heavy atom. The summed E-state index contributed by atoms with van der Waals surface area (Å²) >= 11 is 0. The Morgan fingerprint density at radius 3 is 2.24 bits per heavy atom. The molecule has 0 saturated carbocycles. The van der Waals surface area contributed by atoms with Crippen molar-refractivity contribution in [2.24, 2.45) is 5.41 Å². The van der Waals surface area contributed by atoms with Gasteiger partial charge in [0.25, 0.3) is 5.91 Å². The van der Waals surface area contributed by atoms with Gasteiger partial charge in [-0.2, -0.15) is 0 Å². The lowest BCUT2D eigenvalue weighted by atomic mass is 9.95. The van der Waals surface area contributed by atoms with E-state index in [4.69, 9.17) is 14.2 Å². The summed E-state index contributed by atoms with van der Waals surface area (Å²) in [6, 6.07) is 3.26. The number of ether oxygens (including phenoxy) is 3. The van der Waals surface area contributed by atoms with Crippen LogP contribution in [0.2, 0.25) is 0 Å². The maximum absolute atomic E-state index is 12.3. The van der Waals surface area contributed by atoms with Crippen LogP contribution in [-0.4, -0.2) is 45.5 Å². The van der Waals surface area contributed by atoms with E-state index in [0.29, 0.717) is 29.4 Å². The molecular formula is C15H23NO5. The van der Waals surface area contributed by atoms with Gasteiger partial charge in [-0.05, 0) is 12.1 Å². The largest absolute Gasteiger partial charge is 0.493 e. The van der Waals surface area contributed by atoms with Gasteiger partial charge >= 0.3 is 0 Å². The van der Waals surface area contributed by atoms with E-state index in [1.54, 1.807) is 12.1 Å². The van der Waals surface area contributed by atoms with Crippen molar-refractivity contribution in [2.75, 3.05) is 34.5 Å². The summed E-state index contributed by atoms with van der Waals surface area (Å²) in [5, 5.41) is 12.0. The first-order valence-electron chi connectivity index (χ1n) is 6.58. The summed E-state index contributed by atoms with van der Waals surface area (Å²) in [5.41, 5.74) is -0.0386. The minimum absolute atomic E-state index is 0.0175. The van der Waals surface area contributed by atoms with Gasteiger partial charge in [0.1, 0.15) is 0 Å². The third-order valence-electron chi connectivity index (χ3n) is 3.10. The van der Waals surface area contributed by atoms with Crippen LogP contribution >= 0.6 is 0 Å². The number of amides is 1. The number of methoxy groups -OCH3 is 3. The van der Waals surface area contributed by atoms with Crippen molar-refractivity contribution < 1.29 is 24.1 Å². The van der Waals surface area contributed by atoms with Crippen molar-refractivity contribution in [1.82, 2.24) is 5.32 Å². The molecule has 0 fully saturated rings. The van der Waals surface area contributed by atoms with E-state index in [2.05, 4.69) is 5.32 Å². The van der Waals surface area contributed by atoms with Gasteiger partial charge in [0.05, 0.1) is 26.9 Å². The summed E-state index contributed by atoms with van der Waals surface area (Å²) in [6.07, 6.45) is 0. The second-order valence-corrected chi connectivity index (χ2v) is 5.39. The minimum atomic E-state index is -0.389. The molecule has 118 valence electrons. The van der Waals surface area contributed by atoms with Gasteiger partial charge in [-0.3, -0.25) is 4.79 Å². The van der Waals surface area contributed by atoms with E-state index in [1.165, 1.54) is 21.3 Å². The average molecular weight is 297 g/mol. The second-order valence-electron chi connectivity index (χ2n) is 5.39. The standard InChI is InChI=1S/C15H23NO5/c1-15(2,9-17)8-16-14(18)10-6-7-11(19-3)13(21-5)12(10)20-4/h6-7,17H,8-9H2,1-5H3,(H,16,18). The zero-order chi connectivity index (χ0) is 16.0. The van der Waals surface area contributed by atoms with E-state index in [-0.39, 0.29) is 17.9 Å². The molecule has 0 aliphatic rings. The lowest BCUT2D eigenvalue weighted by molar-refractivity contribution is 0.0907. The first kappa shape index (κ1) is 17.1. The molecule has 1 aromatic carbocycles. The summed E-state index contributed by atoms with van der Waals surface area (Å²) in [6.45, 7) is 4.05. The van der Waals surface area contributed by atoms with Gasteiger partial charge in [0.15, 0.2) is 11.5 Å². The second kappa shape index (κ2) is 7.17. The molecule has 0 radical (unpaired) electrons. The summed E-state index contributed by atoms with van der Waals surface area (Å²) in [5.74, 6) is 0.876. The fraction of sp³-hybridized carbons (Fsp3) is 0.533. The molecule has 0 saturated heterocycles. The lowest BCUT2D eigenvalue weighted by Gasteiger charge is -2.22. The molecule has 0 unspecified atom stereocenters. The first-order valence-corrected chi connectivity index (χ1v) is 6.58. The monoisotopic (exact) mass is 297 g/mol. The number of aliphatic hydroxyl groups excluding tert-OH is 1. The van der Waals surface area contributed by atoms with Crippen LogP contribution in [0.25, 0.3) is 0 Å². The van der Waals surface area contributed by atoms with Gasteiger partial charge in [0.2, 0.25) is 5.75 Å². The Balaban J connectivity index is 3.04. The fourth-order valence-corrected chi connectivity index (χ4v) is 1.75. The smallest absolute Gasteiger partial charge is 0.255 e. The predicted molar refractivity (Wildman–Crippen MR) is 79.3 cm³/mol. The molecule has 2 N–H and O–H groups in total. The van der Waals surface area contributed by atoms with Crippen molar-refractivity contribution in [1.29, 1.82) is 0 Å². The number of benzene rings is 1. The summed E-state index contributed by atoms with van der Waals surface area (Å²) in [4.78, 5) is 12.3. The highest BCUT2D eigenvalue weighted by Gasteiger charge is 2.23. The summed E-state index contributed by atoms with van der Waals surface area (Å²) in [7, 11) is 4.46. The molecule has 6 heteroatoms. The molecule has 0 bridgehead atoms. The summed E-state index contributed by atoms with van der Waals surface area (Å²) < 4.78 is 15.7. The molecular weight excluding hydrogens is 274 g/mol. The topological polar surface area (TPSA) is 77.0 Å². The number of rotatable bonds is 7. The van der Waals surface area contributed by atoms with Crippen molar-refractivity contribution >= 4 is 5.91 Å². The molecule has 0 spiro atoms. The van der Waals surface area contributed by atoms with Crippen LogP contribution in [0, 0.1) is 5.41 Å². The van der Waals surface area contributed by atoms with E-state index in [1.807, 2.05) is 13.8 Å². The number of hydrogen-bond acceptors (Lipinski definition) is 5. The predicted octanol–water partition coefficient (Wildman–Crippen LogP) is 1.46. The van der Waals surface area contributed by atoms with Gasteiger partial charge in [-0.25, -0.2) is 0 Å². The molecule has 0 aliphatic heterocycles. The van der Waals surface area contributed by atoms with Crippen molar-refractivity contribution in [3.63, 3.8) is 0 Å². The normalized spacial score (nSPS) is 11.0. The van der Waals surface area contributed by atoms with Crippen molar-refractivity contribution in [2.45, 2.75) is 13.8 Å². The van der Waals surface area contributed by atoms with Crippen molar-refractivity contribution in [3.05, 3.63) is 17.7 Å². The van der Waals surface area contributed by atoms with Crippen LogP contribution in [-0.2, 0) is 0 Å². The molecule has 0 atom stereocenters. The minimum Gasteiger partial charge on any atom is -0.493 e. The van der Waals surface area contributed by atoms with Gasteiger partial charge in [-0.15, -0.1) is 0 Å². The van der Waals surface area contributed by atoms with E-state index < -0.39 is 0 Å². The molecule has 6 nitrogen and oxygen atoms in total. The third-order valence-corrected chi connectivity index (χ3v) is 3.10. The molecule has 21 heavy (non-hydrogen) atoms. The number of aliphatic hydroxyl groups is 1. The van der Waals surface area contributed by atoms with E-state index in [9.17, 15) is 9.90 Å². The molecule has 1 amide bonds. The lowest BCUT2D eigenvalue weighted by Crippen LogP contribution is -2.36. The Morgan fingerprint density at radius 2 is 1.76 bits per heavy atom. The van der Waals surface area contributed by atoms with Crippen LogP contribution in [0.4, 0.5) is 0 Å². The Labute approximate surface area is 125 Å². The first-order chi connectivity index (χ1) is 9.90. The highest BCUT2D eigenvalue weighted by Crippen LogP contribution is 2.39. The van der Waals surface area contributed by atoms with Crippen LogP contribution < -0.4 is 19.5 Å². The van der Waals surface area contributed by atoms with Crippen LogP contribution in [0.1, 0.15) is 24.2 Å². The quantitative estimate of drug-likeness (QED) is 0.797. The Kier molecular flexibility index (Phi) is 5.84. The fourth-order valence-electron chi connectivity index (χ4n) is 1.75. The van der Waals surface area contributed by atoms with Crippen LogP contribution in [0.5, 0.6) is 17.2 Å².